The average Bonchev–Trinajstić information content (AvgIpc) is 3.30. The van der Waals surface area contributed by atoms with Crippen LogP contribution >= 0.6 is 0 Å². The van der Waals surface area contributed by atoms with E-state index in [1.165, 1.54) is 57.0 Å². The van der Waals surface area contributed by atoms with E-state index >= 15 is 0 Å². The zero-order chi connectivity index (χ0) is 21.4. The Morgan fingerprint density at radius 3 is 2.42 bits per heavy atom. The fourth-order valence-electron chi connectivity index (χ4n) is 6.19. The third-order valence-electron chi connectivity index (χ3n) is 7.74. The van der Waals surface area contributed by atoms with Gasteiger partial charge in [-0.2, -0.15) is 0 Å². The number of carbonyl (C=O) groups excluding carboxylic acids is 1. The molecule has 3 aliphatic rings. The molecule has 0 aromatic heterocycles. The first-order valence-corrected chi connectivity index (χ1v) is 11.5. The zero-order valence-corrected chi connectivity index (χ0v) is 18.2. The summed E-state index contributed by atoms with van der Waals surface area (Å²) in [6.45, 7) is 2.64. The summed E-state index contributed by atoms with van der Waals surface area (Å²) < 4.78 is 19.0. The van der Waals surface area contributed by atoms with Crippen LogP contribution in [0.1, 0.15) is 60.5 Å². The molecule has 2 saturated heterocycles. The molecule has 1 amide bonds. The van der Waals surface area contributed by atoms with Crippen LogP contribution < -0.4 is 4.74 Å². The Hall–Kier alpha value is -2.40. The van der Waals surface area contributed by atoms with Gasteiger partial charge >= 0.3 is 0 Å². The van der Waals surface area contributed by atoms with Gasteiger partial charge < -0.3 is 9.64 Å². The molecule has 5 rings (SSSR count). The third kappa shape index (κ3) is 3.63. The highest BCUT2D eigenvalue weighted by Crippen LogP contribution is 2.59. The Bertz CT molecular complexity index is 934. The summed E-state index contributed by atoms with van der Waals surface area (Å²) in [5.41, 5.74) is 2.30. The van der Waals surface area contributed by atoms with Crippen LogP contribution in [0.15, 0.2) is 48.5 Å². The molecular formula is C26H31FN2O2. The molecule has 4 nitrogen and oxygen atoms in total. The number of benzene rings is 2. The third-order valence-corrected chi connectivity index (χ3v) is 7.74. The van der Waals surface area contributed by atoms with Gasteiger partial charge in [-0.25, -0.2) is 4.39 Å². The monoisotopic (exact) mass is 422 g/mol. The lowest BCUT2D eigenvalue weighted by Gasteiger charge is -2.60. The number of amides is 1. The van der Waals surface area contributed by atoms with Crippen LogP contribution in [0.2, 0.25) is 0 Å². The van der Waals surface area contributed by atoms with Crippen LogP contribution in [0.5, 0.6) is 5.75 Å². The van der Waals surface area contributed by atoms with Crippen molar-refractivity contribution in [3.05, 3.63) is 65.5 Å². The minimum Gasteiger partial charge on any atom is -0.494 e. The van der Waals surface area contributed by atoms with Crippen molar-refractivity contribution in [3.8, 4) is 5.75 Å². The van der Waals surface area contributed by atoms with E-state index in [0.29, 0.717) is 23.1 Å². The second kappa shape index (κ2) is 8.27. The van der Waals surface area contributed by atoms with Gasteiger partial charge in [0.05, 0.1) is 7.11 Å². The van der Waals surface area contributed by atoms with E-state index in [9.17, 15) is 9.18 Å². The van der Waals surface area contributed by atoms with E-state index in [0.717, 1.165) is 25.9 Å². The molecular weight excluding hydrogens is 391 g/mol. The summed E-state index contributed by atoms with van der Waals surface area (Å²) in [5, 5.41) is 0. The molecule has 3 fully saturated rings. The minimum atomic E-state index is -0.489. The summed E-state index contributed by atoms with van der Waals surface area (Å²) in [5.74, 6) is -0.410. The van der Waals surface area contributed by atoms with Gasteiger partial charge in [0.1, 0.15) is 0 Å². The molecule has 1 spiro atoms. The smallest absolute Gasteiger partial charge is 0.253 e. The minimum absolute atomic E-state index is 0.0875. The second-order valence-corrected chi connectivity index (χ2v) is 9.43. The quantitative estimate of drug-likeness (QED) is 0.691. The largest absolute Gasteiger partial charge is 0.494 e. The molecule has 31 heavy (non-hydrogen) atoms. The van der Waals surface area contributed by atoms with Crippen LogP contribution in [0.25, 0.3) is 0 Å². The van der Waals surface area contributed by atoms with E-state index in [2.05, 4.69) is 35.2 Å². The number of nitrogens with zero attached hydrogens (tertiary/aromatic N) is 2. The lowest BCUT2D eigenvalue weighted by atomic mass is 9.66. The lowest BCUT2D eigenvalue weighted by Crippen LogP contribution is -2.62. The fraction of sp³-hybridized carbons (Fsp3) is 0.500. The maximum atomic E-state index is 14.0. The summed E-state index contributed by atoms with van der Waals surface area (Å²) in [6, 6.07) is 16.5. The van der Waals surface area contributed by atoms with Gasteiger partial charge in [0.25, 0.3) is 5.91 Å². The molecule has 1 aliphatic carbocycles. The summed E-state index contributed by atoms with van der Waals surface area (Å²) in [6.07, 6.45) is 7.32. The van der Waals surface area contributed by atoms with Gasteiger partial charge in [0.2, 0.25) is 0 Å². The predicted molar refractivity (Wildman–Crippen MR) is 119 cm³/mol. The predicted octanol–water partition coefficient (Wildman–Crippen LogP) is 5.06. The van der Waals surface area contributed by atoms with Gasteiger partial charge in [-0.1, -0.05) is 43.2 Å². The molecule has 2 aromatic carbocycles. The number of carbonyl (C=O) groups is 1. The summed E-state index contributed by atoms with van der Waals surface area (Å²) in [7, 11) is 1.43. The first-order valence-electron chi connectivity index (χ1n) is 11.5. The van der Waals surface area contributed by atoms with Crippen molar-refractivity contribution in [2.45, 2.75) is 50.6 Å². The standard InChI is InChI=1S/C26H31FN2O2/c1-31-23-10-9-20(17-22(23)27)25(30)28-15-11-21(12-16-28)29-18-26(13-5-6-14-26)24(29)19-7-3-2-4-8-19/h2-4,7-10,17,21,24H,5-6,11-16,18H2,1H3. The molecule has 164 valence electrons. The highest BCUT2D eigenvalue weighted by atomic mass is 19.1. The zero-order valence-electron chi connectivity index (χ0n) is 18.2. The van der Waals surface area contributed by atoms with Crippen molar-refractivity contribution in [2.24, 2.45) is 5.41 Å². The van der Waals surface area contributed by atoms with E-state index in [1.54, 1.807) is 6.07 Å². The number of hydrogen-bond donors (Lipinski definition) is 0. The number of hydrogen-bond acceptors (Lipinski definition) is 3. The average molecular weight is 423 g/mol. The Kier molecular flexibility index (Phi) is 5.47. The van der Waals surface area contributed by atoms with Gasteiger partial charge in [-0.15, -0.1) is 0 Å². The van der Waals surface area contributed by atoms with Crippen LogP contribution in [-0.2, 0) is 0 Å². The number of halogens is 1. The van der Waals surface area contributed by atoms with Crippen molar-refractivity contribution in [1.29, 1.82) is 0 Å². The number of ether oxygens (including phenoxy) is 1. The van der Waals surface area contributed by atoms with Crippen LogP contribution in [0, 0.1) is 11.2 Å². The molecule has 2 aliphatic heterocycles. The molecule has 2 heterocycles. The molecule has 2 aromatic rings. The number of rotatable bonds is 4. The van der Waals surface area contributed by atoms with Gasteiger partial charge in [0, 0.05) is 42.7 Å². The van der Waals surface area contributed by atoms with Crippen molar-refractivity contribution < 1.29 is 13.9 Å². The van der Waals surface area contributed by atoms with Gasteiger partial charge in [0.15, 0.2) is 11.6 Å². The first-order chi connectivity index (χ1) is 15.1. The number of methoxy groups -OCH3 is 1. The molecule has 0 N–H and O–H groups in total. The summed E-state index contributed by atoms with van der Waals surface area (Å²) >= 11 is 0. The van der Waals surface area contributed by atoms with E-state index < -0.39 is 5.82 Å². The highest BCUT2D eigenvalue weighted by molar-refractivity contribution is 5.94. The maximum Gasteiger partial charge on any atom is 0.253 e. The second-order valence-electron chi connectivity index (χ2n) is 9.43. The maximum absolute atomic E-state index is 14.0. The fourth-order valence-corrected chi connectivity index (χ4v) is 6.19. The Morgan fingerprint density at radius 2 is 1.77 bits per heavy atom. The molecule has 0 radical (unpaired) electrons. The van der Waals surface area contributed by atoms with Gasteiger partial charge in [-0.05, 0) is 49.4 Å². The Labute approximate surface area is 184 Å². The summed E-state index contributed by atoms with van der Waals surface area (Å²) in [4.78, 5) is 17.5. The van der Waals surface area contributed by atoms with Crippen molar-refractivity contribution in [1.82, 2.24) is 9.80 Å². The number of likely N-dealkylation sites (tertiary alicyclic amines) is 2. The van der Waals surface area contributed by atoms with Crippen molar-refractivity contribution in [3.63, 3.8) is 0 Å². The van der Waals surface area contributed by atoms with E-state index in [-0.39, 0.29) is 11.7 Å². The van der Waals surface area contributed by atoms with Crippen LogP contribution in [0.4, 0.5) is 4.39 Å². The normalized spacial score (nSPS) is 23.7. The van der Waals surface area contributed by atoms with Crippen molar-refractivity contribution >= 4 is 5.91 Å². The molecule has 1 atom stereocenters. The molecule has 1 saturated carbocycles. The van der Waals surface area contributed by atoms with E-state index in [1.807, 2.05) is 4.90 Å². The Morgan fingerprint density at radius 1 is 1.06 bits per heavy atom. The Balaban J connectivity index is 1.26. The molecule has 1 unspecified atom stereocenters. The molecule has 0 bridgehead atoms. The first kappa shape index (κ1) is 20.5. The van der Waals surface area contributed by atoms with Crippen LogP contribution in [0.3, 0.4) is 0 Å². The number of piperidine rings is 1. The van der Waals surface area contributed by atoms with Crippen molar-refractivity contribution in [2.75, 3.05) is 26.7 Å². The van der Waals surface area contributed by atoms with E-state index in [4.69, 9.17) is 4.74 Å². The lowest BCUT2D eigenvalue weighted by molar-refractivity contribution is -0.111. The van der Waals surface area contributed by atoms with Crippen LogP contribution in [-0.4, -0.2) is 48.5 Å². The van der Waals surface area contributed by atoms with Gasteiger partial charge in [-0.3, -0.25) is 9.69 Å². The highest BCUT2D eigenvalue weighted by Gasteiger charge is 2.55. The SMILES string of the molecule is COc1ccc(C(=O)N2CCC(N3CC4(CCCC4)C3c3ccccc3)CC2)cc1F. The molecule has 5 heteroatoms. The topological polar surface area (TPSA) is 32.8 Å².